The maximum absolute atomic E-state index is 9.97. The smallest absolute Gasteiger partial charge is 0.0622 e. The molecule has 0 amide bonds. The van der Waals surface area contributed by atoms with E-state index < -0.39 is 0 Å². The van der Waals surface area contributed by atoms with Crippen LogP contribution in [-0.2, 0) is 19.4 Å². The summed E-state index contributed by atoms with van der Waals surface area (Å²) in [7, 11) is 0. The molecular formula is C13H17N3O. The number of nitrogens with zero attached hydrogens (tertiary/aromatic N) is 3. The van der Waals surface area contributed by atoms with Gasteiger partial charge in [-0.1, -0.05) is 6.07 Å². The van der Waals surface area contributed by atoms with E-state index in [9.17, 15) is 5.11 Å². The van der Waals surface area contributed by atoms with Crippen molar-refractivity contribution in [3.8, 4) is 0 Å². The highest BCUT2D eigenvalue weighted by Crippen LogP contribution is 2.07. The fourth-order valence-corrected chi connectivity index (χ4v) is 1.82. The molecule has 0 aliphatic heterocycles. The van der Waals surface area contributed by atoms with Gasteiger partial charge in [-0.2, -0.15) is 5.10 Å². The summed E-state index contributed by atoms with van der Waals surface area (Å²) in [5.74, 6) is 0. The molecule has 4 nitrogen and oxygen atoms in total. The first kappa shape index (κ1) is 11.8. The molecule has 0 saturated heterocycles. The van der Waals surface area contributed by atoms with E-state index in [0.29, 0.717) is 12.8 Å². The topological polar surface area (TPSA) is 50.9 Å². The first-order valence-corrected chi connectivity index (χ1v) is 5.86. The lowest BCUT2D eigenvalue weighted by Gasteiger charge is -2.08. The predicted molar refractivity (Wildman–Crippen MR) is 65.6 cm³/mol. The molecule has 90 valence electrons. The summed E-state index contributed by atoms with van der Waals surface area (Å²) in [4.78, 5) is 4.03. The van der Waals surface area contributed by atoms with Crippen LogP contribution in [0.3, 0.4) is 0 Å². The Morgan fingerprint density at radius 1 is 1.29 bits per heavy atom. The van der Waals surface area contributed by atoms with Gasteiger partial charge in [0.25, 0.3) is 0 Å². The Bertz CT molecular complexity index is 453. The zero-order valence-electron chi connectivity index (χ0n) is 9.95. The van der Waals surface area contributed by atoms with Gasteiger partial charge in [-0.05, 0) is 24.1 Å². The molecule has 1 unspecified atom stereocenters. The highest BCUT2D eigenvalue weighted by Gasteiger charge is 2.08. The highest BCUT2D eigenvalue weighted by molar-refractivity contribution is 5.12. The maximum Gasteiger partial charge on any atom is 0.0622 e. The summed E-state index contributed by atoms with van der Waals surface area (Å²) >= 11 is 0. The van der Waals surface area contributed by atoms with E-state index in [1.165, 1.54) is 0 Å². The minimum absolute atomic E-state index is 0.381. The molecule has 0 spiro atoms. The lowest BCUT2D eigenvalue weighted by atomic mass is 10.0. The van der Waals surface area contributed by atoms with E-state index in [2.05, 4.69) is 10.1 Å². The van der Waals surface area contributed by atoms with Crippen LogP contribution < -0.4 is 0 Å². The van der Waals surface area contributed by atoms with E-state index in [1.807, 2.05) is 36.1 Å². The van der Waals surface area contributed by atoms with Crippen molar-refractivity contribution in [2.75, 3.05) is 0 Å². The average Bonchev–Trinajstić information content (AvgIpc) is 2.78. The van der Waals surface area contributed by atoms with Crippen LogP contribution in [0.1, 0.15) is 18.1 Å². The van der Waals surface area contributed by atoms with Gasteiger partial charge in [0.15, 0.2) is 0 Å². The third-order valence-corrected chi connectivity index (χ3v) is 2.68. The Kier molecular flexibility index (Phi) is 3.88. The molecular weight excluding hydrogens is 214 g/mol. The van der Waals surface area contributed by atoms with Crippen LogP contribution in [0.5, 0.6) is 0 Å². The third kappa shape index (κ3) is 3.39. The van der Waals surface area contributed by atoms with Crippen LogP contribution in [0.25, 0.3) is 0 Å². The van der Waals surface area contributed by atoms with Crippen LogP contribution in [0.4, 0.5) is 0 Å². The first-order chi connectivity index (χ1) is 8.28. The van der Waals surface area contributed by atoms with E-state index in [1.54, 1.807) is 12.4 Å². The van der Waals surface area contributed by atoms with E-state index in [-0.39, 0.29) is 6.10 Å². The van der Waals surface area contributed by atoms with Crippen LogP contribution in [0, 0.1) is 0 Å². The van der Waals surface area contributed by atoms with Gasteiger partial charge < -0.3 is 5.11 Å². The largest absolute Gasteiger partial charge is 0.392 e. The molecule has 0 aromatic carbocycles. The quantitative estimate of drug-likeness (QED) is 0.847. The highest BCUT2D eigenvalue weighted by atomic mass is 16.3. The number of aryl methyl sites for hydroxylation is 1. The first-order valence-electron chi connectivity index (χ1n) is 5.86. The summed E-state index contributed by atoms with van der Waals surface area (Å²) < 4.78 is 1.87. The number of aliphatic hydroxyl groups excluding tert-OH is 1. The molecule has 1 N–H and O–H groups in total. The normalized spacial score (nSPS) is 12.6. The molecule has 0 aliphatic carbocycles. The number of aliphatic hydroxyl groups is 1. The fourth-order valence-electron chi connectivity index (χ4n) is 1.82. The van der Waals surface area contributed by atoms with Gasteiger partial charge in [-0.3, -0.25) is 9.67 Å². The van der Waals surface area contributed by atoms with Gasteiger partial charge >= 0.3 is 0 Å². The van der Waals surface area contributed by atoms with Crippen molar-refractivity contribution in [3.63, 3.8) is 0 Å². The van der Waals surface area contributed by atoms with Crippen molar-refractivity contribution in [1.82, 2.24) is 14.8 Å². The van der Waals surface area contributed by atoms with Gasteiger partial charge in [0.05, 0.1) is 12.3 Å². The van der Waals surface area contributed by atoms with Crippen molar-refractivity contribution in [3.05, 3.63) is 48.0 Å². The third-order valence-electron chi connectivity index (χ3n) is 2.68. The summed E-state index contributed by atoms with van der Waals surface area (Å²) in [6.45, 7) is 2.90. The Labute approximate surface area is 101 Å². The SMILES string of the molecule is CCn1cc(CC(O)Cc2cccnc2)cn1. The molecule has 2 rings (SSSR count). The number of hydrogen-bond acceptors (Lipinski definition) is 3. The Morgan fingerprint density at radius 2 is 2.12 bits per heavy atom. The van der Waals surface area contributed by atoms with E-state index in [4.69, 9.17) is 0 Å². The molecule has 0 saturated carbocycles. The lowest BCUT2D eigenvalue weighted by molar-refractivity contribution is 0.175. The van der Waals surface area contributed by atoms with Gasteiger partial charge in [0.2, 0.25) is 0 Å². The van der Waals surface area contributed by atoms with E-state index >= 15 is 0 Å². The zero-order valence-corrected chi connectivity index (χ0v) is 9.95. The zero-order chi connectivity index (χ0) is 12.1. The van der Waals surface area contributed by atoms with Crippen molar-refractivity contribution < 1.29 is 5.11 Å². The minimum Gasteiger partial charge on any atom is -0.392 e. The second-order valence-electron chi connectivity index (χ2n) is 4.13. The second-order valence-corrected chi connectivity index (χ2v) is 4.13. The molecule has 0 aliphatic rings. The Hall–Kier alpha value is -1.68. The summed E-state index contributed by atoms with van der Waals surface area (Å²) in [6, 6.07) is 3.86. The molecule has 2 aromatic heterocycles. The molecule has 0 fully saturated rings. The van der Waals surface area contributed by atoms with Crippen LogP contribution in [0.15, 0.2) is 36.9 Å². The van der Waals surface area contributed by atoms with Crippen LogP contribution >= 0.6 is 0 Å². The van der Waals surface area contributed by atoms with Gasteiger partial charge in [0, 0.05) is 38.0 Å². The molecule has 0 bridgehead atoms. The molecule has 2 heterocycles. The minimum atomic E-state index is -0.381. The van der Waals surface area contributed by atoms with E-state index in [0.717, 1.165) is 17.7 Å². The Morgan fingerprint density at radius 3 is 2.76 bits per heavy atom. The van der Waals surface area contributed by atoms with Crippen LogP contribution in [0.2, 0.25) is 0 Å². The van der Waals surface area contributed by atoms with Crippen LogP contribution in [-0.4, -0.2) is 26.0 Å². The number of hydrogen-bond donors (Lipinski definition) is 1. The molecule has 2 aromatic rings. The average molecular weight is 231 g/mol. The second kappa shape index (κ2) is 5.59. The van der Waals surface area contributed by atoms with Crippen molar-refractivity contribution in [2.45, 2.75) is 32.4 Å². The monoisotopic (exact) mass is 231 g/mol. The number of rotatable bonds is 5. The fraction of sp³-hybridized carbons (Fsp3) is 0.385. The maximum atomic E-state index is 9.97. The van der Waals surface area contributed by atoms with Gasteiger partial charge in [0.1, 0.15) is 0 Å². The number of pyridine rings is 1. The Balaban J connectivity index is 1.91. The molecule has 17 heavy (non-hydrogen) atoms. The molecule has 0 radical (unpaired) electrons. The van der Waals surface area contributed by atoms with Crippen molar-refractivity contribution in [1.29, 1.82) is 0 Å². The standard InChI is InChI=1S/C13H17N3O/c1-2-16-10-12(9-15-16)7-13(17)6-11-4-3-5-14-8-11/h3-5,8-10,13,17H,2,6-7H2,1H3. The summed E-state index contributed by atoms with van der Waals surface area (Å²) in [6.07, 6.45) is 8.20. The van der Waals surface area contributed by atoms with Gasteiger partial charge in [-0.15, -0.1) is 0 Å². The predicted octanol–water partition coefficient (Wildman–Crippen LogP) is 1.44. The number of aromatic nitrogens is 3. The summed E-state index contributed by atoms with van der Waals surface area (Å²) in [5, 5.41) is 14.2. The van der Waals surface area contributed by atoms with Crippen molar-refractivity contribution in [2.24, 2.45) is 0 Å². The van der Waals surface area contributed by atoms with Crippen molar-refractivity contribution >= 4 is 0 Å². The summed E-state index contributed by atoms with van der Waals surface area (Å²) in [5.41, 5.74) is 2.13. The lowest BCUT2D eigenvalue weighted by Crippen LogP contribution is -2.13. The molecule has 1 atom stereocenters. The molecule has 4 heteroatoms. The van der Waals surface area contributed by atoms with Gasteiger partial charge in [-0.25, -0.2) is 0 Å².